The van der Waals surface area contributed by atoms with Crippen LogP contribution in [0.3, 0.4) is 0 Å². The number of benzene rings is 12. The molecule has 6 nitrogen and oxygen atoms in total. The fourth-order valence-electron chi connectivity index (χ4n) is 13.3. The van der Waals surface area contributed by atoms with Gasteiger partial charge in [-0.1, -0.05) is 0 Å². The fraction of sp³-hybridized carbons (Fsp3) is 0. The Hall–Kier alpha value is -10.2. The van der Waals surface area contributed by atoms with Gasteiger partial charge in [-0.2, -0.15) is 0 Å². The molecule has 10 heteroatoms. The van der Waals surface area contributed by atoms with Gasteiger partial charge in [-0.15, -0.1) is 0 Å². The number of nitriles is 1. The van der Waals surface area contributed by atoms with Crippen molar-refractivity contribution in [2.45, 2.75) is 9.79 Å². The van der Waals surface area contributed by atoms with Gasteiger partial charge >= 0.3 is 504 Å². The van der Waals surface area contributed by atoms with E-state index in [1.54, 1.807) is 11.8 Å². The molecule has 0 N–H and O–H groups in total. The van der Waals surface area contributed by atoms with E-state index in [0.717, 1.165) is 83.6 Å². The first-order valence-corrected chi connectivity index (χ1v) is 30.7. The first-order valence-electron chi connectivity index (χ1n) is 28.2. The van der Waals surface area contributed by atoms with Crippen LogP contribution in [-0.2, 0) is 0 Å². The summed E-state index contributed by atoms with van der Waals surface area (Å²) >= 11 is 1.44. The van der Waals surface area contributed by atoms with Gasteiger partial charge in [0.05, 0.1) is 0 Å². The summed E-state index contributed by atoms with van der Waals surface area (Å²) < 4.78 is 2.45. The van der Waals surface area contributed by atoms with Crippen LogP contribution in [0.2, 0.25) is 0 Å². The molecular formula is C74H46B2N6SSe. The van der Waals surface area contributed by atoms with E-state index in [9.17, 15) is 5.26 Å². The summed E-state index contributed by atoms with van der Waals surface area (Å²) in [7, 11) is 0. The molecule has 4 aliphatic rings. The van der Waals surface area contributed by atoms with Crippen molar-refractivity contribution in [3.8, 4) is 17.2 Å². The van der Waals surface area contributed by atoms with Crippen molar-refractivity contribution in [1.29, 1.82) is 5.26 Å². The van der Waals surface area contributed by atoms with Gasteiger partial charge < -0.3 is 0 Å². The van der Waals surface area contributed by atoms with Crippen LogP contribution in [-0.4, -0.2) is 28.4 Å². The molecule has 12 aromatic rings. The minimum absolute atomic E-state index is 0.194. The summed E-state index contributed by atoms with van der Waals surface area (Å²) in [6, 6.07) is 103. The summed E-state index contributed by atoms with van der Waals surface area (Å²) in [5.41, 5.74) is 22.9. The molecule has 390 valence electrons. The van der Waals surface area contributed by atoms with Crippen LogP contribution in [0.5, 0.6) is 0 Å². The van der Waals surface area contributed by atoms with Crippen molar-refractivity contribution < 1.29 is 0 Å². The topological polar surface area (TPSA) is 41.1 Å². The molecule has 0 fully saturated rings. The van der Waals surface area contributed by atoms with Crippen molar-refractivity contribution in [1.82, 2.24) is 0 Å². The van der Waals surface area contributed by atoms with Crippen LogP contribution in [0.1, 0.15) is 5.56 Å². The number of para-hydroxylation sites is 8. The molecule has 0 aromatic heterocycles. The van der Waals surface area contributed by atoms with E-state index in [-0.39, 0.29) is 28.4 Å². The van der Waals surface area contributed by atoms with Gasteiger partial charge in [-0.3, -0.25) is 0 Å². The average molecular weight is 1150 g/mol. The predicted molar refractivity (Wildman–Crippen MR) is 353 cm³/mol. The monoisotopic (exact) mass is 1150 g/mol. The van der Waals surface area contributed by atoms with Gasteiger partial charge in [0.15, 0.2) is 0 Å². The van der Waals surface area contributed by atoms with E-state index < -0.39 is 0 Å². The Balaban J connectivity index is 1.02. The van der Waals surface area contributed by atoms with Crippen LogP contribution < -0.4 is 61.3 Å². The molecule has 16 rings (SSSR count). The van der Waals surface area contributed by atoms with Gasteiger partial charge in [0.2, 0.25) is 0 Å². The van der Waals surface area contributed by atoms with Crippen LogP contribution >= 0.6 is 11.8 Å². The van der Waals surface area contributed by atoms with E-state index in [2.05, 4.69) is 291 Å². The van der Waals surface area contributed by atoms with Gasteiger partial charge in [0.25, 0.3) is 0 Å². The van der Waals surface area contributed by atoms with Crippen molar-refractivity contribution in [3.05, 3.63) is 296 Å². The zero-order valence-corrected chi connectivity index (χ0v) is 47.7. The molecule has 0 saturated carbocycles. The molecule has 0 spiro atoms. The number of fused-ring (bicyclic) bond motifs is 8. The molecular weight excluding hydrogens is 1110 g/mol. The van der Waals surface area contributed by atoms with Crippen molar-refractivity contribution in [3.63, 3.8) is 0 Å². The Labute approximate surface area is 500 Å². The molecule has 0 atom stereocenters. The zero-order chi connectivity index (χ0) is 55.8. The molecule has 4 heterocycles. The molecule has 12 aromatic carbocycles. The number of hydrogen-bond donors (Lipinski definition) is 0. The Kier molecular flexibility index (Phi) is 12.0. The van der Waals surface area contributed by atoms with E-state index in [4.69, 9.17) is 6.57 Å². The molecule has 0 saturated heterocycles. The number of anilines is 12. The Morgan fingerprint density at radius 1 is 0.417 bits per heavy atom. The standard InChI is InChI=1S/C74H46B2N6SSe/c1-78-62-40-24-25-49(48-77)69(62)70-73-60(75-58-38-20-22-41-63(58)81(54-34-16-6-17-35-54)65-43-56(45-67(83-73)71(65)75)79(50-26-8-2-9-27-50)51-28-10-3-11-29-51)47-61-74(70)84-68-46-57(80(52-30-12-4-13-31-52)53-32-14-5-15-33-53)44-66-72(68)76(61)59-39-21-23-42-64(59)82(66)55-36-18-7-19-37-55/h2-47H. The molecule has 4 aliphatic heterocycles. The quantitative estimate of drug-likeness (QED) is 0.106. The Bertz CT molecular complexity index is 4310. The molecule has 0 bridgehead atoms. The second-order valence-corrected chi connectivity index (χ2v) is 24.6. The number of hydrogen-bond acceptors (Lipinski definition) is 6. The third-order valence-corrected chi connectivity index (χ3v) is 20.4. The molecule has 0 amide bonds. The van der Waals surface area contributed by atoms with Crippen LogP contribution in [0.4, 0.5) is 73.9 Å². The number of rotatable bonds is 9. The summed E-state index contributed by atoms with van der Waals surface area (Å²) in [5, 5.41) is 11.4. The van der Waals surface area contributed by atoms with E-state index in [0.29, 0.717) is 16.8 Å². The zero-order valence-electron chi connectivity index (χ0n) is 45.2. The number of nitrogens with zero attached hydrogens (tertiary/aromatic N) is 6. The van der Waals surface area contributed by atoms with Crippen molar-refractivity contribution >= 4 is 156 Å². The summed E-state index contributed by atoms with van der Waals surface area (Å²) in [6.07, 6.45) is 0. The Morgan fingerprint density at radius 3 is 1.37 bits per heavy atom. The molecule has 84 heavy (non-hydrogen) atoms. The minimum atomic E-state index is -0.355. The normalized spacial score (nSPS) is 12.8. The SMILES string of the molecule is [C-]#[N+]c1cccc(C#N)c1-c1c2c(cc3c1[Se]c1cc(N(c4ccccc4)c4ccccc4)cc4c1B3c1ccccc1N4c1ccccc1)B1c3ccccc3N(c3ccccc3)c3cc(N(c4ccccc4)c4ccccc4)cc(c31)S2. The van der Waals surface area contributed by atoms with E-state index in [1.807, 2.05) is 18.2 Å². The Morgan fingerprint density at radius 2 is 0.869 bits per heavy atom. The third-order valence-electron chi connectivity index (χ3n) is 16.7. The van der Waals surface area contributed by atoms with Crippen LogP contribution in [0.15, 0.2) is 289 Å². The van der Waals surface area contributed by atoms with Crippen molar-refractivity contribution in [2.75, 3.05) is 19.6 Å². The maximum atomic E-state index is 11.4. The molecule has 0 radical (unpaired) electrons. The first kappa shape index (κ1) is 49.6. The van der Waals surface area contributed by atoms with Gasteiger partial charge in [0.1, 0.15) is 0 Å². The maximum absolute atomic E-state index is 11.4. The van der Waals surface area contributed by atoms with Gasteiger partial charge in [-0.05, 0) is 0 Å². The average Bonchev–Trinajstić information content (AvgIpc) is 0.755. The van der Waals surface area contributed by atoms with Crippen molar-refractivity contribution in [2.24, 2.45) is 0 Å². The molecule has 0 aliphatic carbocycles. The second-order valence-electron chi connectivity index (χ2n) is 21.3. The van der Waals surface area contributed by atoms with Crippen LogP contribution in [0, 0.1) is 17.9 Å². The summed E-state index contributed by atoms with van der Waals surface area (Å²) in [4.78, 5) is 16.2. The third kappa shape index (κ3) is 7.88. The van der Waals surface area contributed by atoms with E-state index >= 15 is 0 Å². The van der Waals surface area contributed by atoms with E-state index in [1.165, 1.54) is 41.7 Å². The molecule has 0 unspecified atom stereocenters. The van der Waals surface area contributed by atoms with Gasteiger partial charge in [0, 0.05) is 0 Å². The summed E-state index contributed by atoms with van der Waals surface area (Å²) in [5.74, 6) is 0. The van der Waals surface area contributed by atoms with Crippen LogP contribution in [0.25, 0.3) is 16.0 Å². The fourth-order valence-corrected chi connectivity index (χ4v) is 17.6. The predicted octanol–water partition coefficient (Wildman–Crippen LogP) is 13.7. The first-order chi connectivity index (χ1) is 41.6. The van der Waals surface area contributed by atoms with Gasteiger partial charge in [-0.25, -0.2) is 0 Å². The second kappa shape index (κ2) is 20.4. The summed E-state index contributed by atoms with van der Waals surface area (Å²) in [6.45, 7) is 8.51.